The van der Waals surface area contributed by atoms with E-state index in [-0.39, 0.29) is 5.75 Å². The Morgan fingerprint density at radius 1 is 0.947 bits per heavy atom. The van der Waals surface area contributed by atoms with E-state index < -0.39 is 17.4 Å². The fourth-order valence-corrected chi connectivity index (χ4v) is 2.32. The number of ether oxygens (including phenoxy) is 1. The van der Waals surface area contributed by atoms with Gasteiger partial charge in [-0.15, -0.1) is 0 Å². The molecule has 0 spiro atoms. The van der Waals surface area contributed by atoms with Crippen LogP contribution in [0.25, 0.3) is 0 Å². The summed E-state index contributed by atoms with van der Waals surface area (Å²) < 4.78 is 32.6. The third-order valence-corrected chi connectivity index (χ3v) is 3.35. The second-order valence-electron chi connectivity index (χ2n) is 3.73. The molecule has 2 aromatic rings. The van der Waals surface area contributed by atoms with Crippen LogP contribution in [0.2, 0.25) is 10.0 Å². The zero-order valence-electron chi connectivity index (χ0n) is 9.39. The van der Waals surface area contributed by atoms with E-state index in [1.165, 1.54) is 30.3 Å². The lowest BCUT2D eigenvalue weighted by Crippen LogP contribution is -1.95. The minimum atomic E-state index is -0.787. The van der Waals surface area contributed by atoms with Crippen LogP contribution in [0.3, 0.4) is 0 Å². The van der Waals surface area contributed by atoms with Crippen LogP contribution in [-0.4, -0.2) is 0 Å². The first-order chi connectivity index (χ1) is 8.99. The topological polar surface area (TPSA) is 9.23 Å². The SMILES string of the molecule is Fc1cc(CBr)cc(F)c1Oc1cc(Cl)cc(Cl)c1. The van der Waals surface area contributed by atoms with Crippen LogP contribution in [0, 0.1) is 11.6 Å². The summed E-state index contributed by atoms with van der Waals surface area (Å²) in [7, 11) is 0. The van der Waals surface area contributed by atoms with Gasteiger partial charge in [0.2, 0.25) is 0 Å². The van der Waals surface area contributed by atoms with E-state index in [9.17, 15) is 8.78 Å². The maximum Gasteiger partial charge on any atom is 0.198 e. The third kappa shape index (κ3) is 3.59. The first-order valence-corrected chi connectivity index (χ1v) is 7.05. The molecular weight excluding hydrogens is 361 g/mol. The highest BCUT2D eigenvalue weighted by Gasteiger charge is 2.14. The average Bonchev–Trinajstić information content (AvgIpc) is 2.32. The molecule has 100 valence electrons. The quantitative estimate of drug-likeness (QED) is 0.608. The van der Waals surface area contributed by atoms with Crippen molar-refractivity contribution >= 4 is 39.1 Å². The minimum Gasteiger partial charge on any atom is -0.451 e. The van der Waals surface area contributed by atoms with Gasteiger partial charge in [-0.2, -0.15) is 0 Å². The normalized spacial score (nSPS) is 10.6. The summed E-state index contributed by atoms with van der Waals surface area (Å²) in [4.78, 5) is 0. The Morgan fingerprint density at radius 3 is 1.95 bits per heavy atom. The van der Waals surface area contributed by atoms with Gasteiger partial charge in [-0.05, 0) is 35.9 Å². The lowest BCUT2D eigenvalue weighted by molar-refractivity contribution is 0.407. The fourth-order valence-electron chi connectivity index (χ4n) is 1.49. The Hall–Kier alpha value is -0.840. The number of benzene rings is 2. The van der Waals surface area contributed by atoms with E-state index in [0.29, 0.717) is 20.9 Å². The van der Waals surface area contributed by atoms with Crippen molar-refractivity contribution in [1.82, 2.24) is 0 Å². The fraction of sp³-hybridized carbons (Fsp3) is 0.0769. The third-order valence-electron chi connectivity index (χ3n) is 2.27. The molecule has 19 heavy (non-hydrogen) atoms. The van der Waals surface area contributed by atoms with Crippen molar-refractivity contribution in [3.8, 4) is 11.5 Å². The lowest BCUT2D eigenvalue weighted by atomic mass is 10.2. The van der Waals surface area contributed by atoms with Crippen LogP contribution in [0.4, 0.5) is 8.78 Å². The molecule has 0 amide bonds. The van der Waals surface area contributed by atoms with Crippen molar-refractivity contribution in [2.75, 3.05) is 0 Å². The number of alkyl halides is 1. The summed E-state index contributed by atoms with van der Waals surface area (Å²) in [6.07, 6.45) is 0. The van der Waals surface area contributed by atoms with E-state index in [2.05, 4.69) is 15.9 Å². The van der Waals surface area contributed by atoms with Gasteiger partial charge in [0.1, 0.15) is 5.75 Å². The Morgan fingerprint density at radius 2 is 1.47 bits per heavy atom. The number of hydrogen-bond acceptors (Lipinski definition) is 1. The van der Waals surface area contributed by atoms with Crippen LogP contribution in [0.5, 0.6) is 11.5 Å². The molecule has 0 fully saturated rings. The van der Waals surface area contributed by atoms with Gasteiger partial charge in [-0.3, -0.25) is 0 Å². The van der Waals surface area contributed by atoms with E-state index in [1.54, 1.807) is 0 Å². The molecule has 0 aliphatic carbocycles. The molecular formula is C13H7BrCl2F2O. The zero-order valence-corrected chi connectivity index (χ0v) is 12.5. The van der Waals surface area contributed by atoms with Gasteiger partial charge >= 0.3 is 0 Å². The summed E-state index contributed by atoms with van der Waals surface area (Å²) in [5, 5.41) is 0.991. The van der Waals surface area contributed by atoms with Gasteiger partial charge in [0, 0.05) is 15.4 Å². The van der Waals surface area contributed by atoms with E-state index in [0.717, 1.165) is 0 Å². The van der Waals surface area contributed by atoms with Gasteiger partial charge in [0.05, 0.1) is 0 Å². The number of halogens is 5. The molecule has 0 radical (unpaired) electrons. The van der Waals surface area contributed by atoms with Gasteiger partial charge in [0.15, 0.2) is 17.4 Å². The standard InChI is InChI=1S/C13H7BrCl2F2O/c14-6-7-1-11(17)13(12(18)2-7)19-10-4-8(15)3-9(16)5-10/h1-5H,6H2. The molecule has 2 aromatic carbocycles. The van der Waals surface area contributed by atoms with Crippen molar-refractivity contribution in [2.24, 2.45) is 0 Å². The van der Waals surface area contributed by atoms with Crippen molar-refractivity contribution < 1.29 is 13.5 Å². The van der Waals surface area contributed by atoms with Gasteiger partial charge in [0.25, 0.3) is 0 Å². The molecule has 0 aliphatic heterocycles. The molecule has 0 atom stereocenters. The molecule has 0 heterocycles. The summed E-state index contributed by atoms with van der Waals surface area (Å²) in [6.45, 7) is 0. The molecule has 0 aliphatic rings. The highest BCUT2D eigenvalue weighted by atomic mass is 79.9. The van der Waals surface area contributed by atoms with Crippen LogP contribution < -0.4 is 4.74 Å². The van der Waals surface area contributed by atoms with Crippen LogP contribution in [-0.2, 0) is 5.33 Å². The van der Waals surface area contributed by atoms with Crippen LogP contribution >= 0.6 is 39.1 Å². The molecule has 0 aromatic heterocycles. The van der Waals surface area contributed by atoms with Crippen LogP contribution in [0.15, 0.2) is 30.3 Å². The first-order valence-electron chi connectivity index (χ1n) is 5.17. The molecule has 0 N–H and O–H groups in total. The highest BCUT2D eigenvalue weighted by molar-refractivity contribution is 9.08. The molecule has 0 unspecified atom stereocenters. The Labute approximate surface area is 127 Å². The Bertz CT molecular complexity index is 576. The minimum absolute atomic E-state index is 0.168. The average molecular weight is 368 g/mol. The molecule has 0 saturated heterocycles. The predicted molar refractivity (Wildman–Crippen MR) is 75.5 cm³/mol. The monoisotopic (exact) mass is 366 g/mol. The van der Waals surface area contributed by atoms with Gasteiger partial charge in [-0.1, -0.05) is 39.1 Å². The maximum absolute atomic E-state index is 13.7. The second kappa shape index (κ2) is 6.07. The number of rotatable bonds is 3. The molecule has 0 saturated carbocycles. The summed E-state index contributed by atoms with van der Waals surface area (Å²) in [5.41, 5.74) is 0.478. The van der Waals surface area contributed by atoms with Crippen molar-refractivity contribution in [2.45, 2.75) is 5.33 Å². The summed E-state index contributed by atoms with van der Waals surface area (Å²) >= 11 is 14.7. The lowest BCUT2D eigenvalue weighted by Gasteiger charge is -2.09. The van der Waals surface area contributed by atoms with E-state index in [4.69, 9.17) is 27.9 Å². The Balaban J connectivity index is 2.38. The Kier molecular flexibility index (Phi) is 4.66. The molecule has 1 nitrogen and oxygen atoms in total. The smallest absolute Gasteiger partial charge is 0.198 e. The van der Waals surface area contributed by atoms with E-state index >= 15 is 0 Å². The summed E-state index contributed by atoms with van der Waals surface area (Å²) in [5.74, 6) is -1.89. The maximum atomic E-state index is 13.7. The largest absolute Gasteiger partial charge is 0.451 e. The second-order valence-corrected chi connectivity index (χ2v) is 5.16. The predicted octanol–water partition coefficient (Wildman–Crippen LogP) is 5.96. The van der Waals surface area contributed by atoms with Gasteiger partial charge < -0.3 is 4.74 Å². The number of hydrogen-bond donors (Lipinski definition) is 0. The highest BCUT2D eigenvalue weighted by Crippen LogP contribution is 2.32. The molecule has 0 bridgehead atoms. The summed E-state index contributed by atoms with van der Waals surface area (Å²) in [6, 6.07) is 6.73. The van der Waals surface area contributed by atoms with Crippen LogP contribution in [0.1, 0.15) is 5.56 Å². The first kappa shape index (κ1) is 14.6. The van der Waals surface area contributed by atoms with E-state index in [1.807, 2.05) is 0 Å². The zero-order chi connectivity index (χ0) is 14.0. The van der Waals surface area contributed by atoms with Crippen molar-refractivity contribution in [3.05, 3.63) is 57.6 Å². The van der Waals surface area contributed by atoms with Gasteiger partial charge in [-0.25, -0.2) is 8.78 Å². The van der Waals surface area contributed by atoms with Crippen molar-refractivity contribution in [3.63, 3.8) is 0 Å². The molecule has 6 heteroatoms. The van der Waals surface area contributed by atoms with Crippen molar-refractivity contribution in [1.29, 1.82) is 0 Å². The molecule has 2 rings (SSSR count).